The molecule has 0 spiro atoms. The third-order valence-corrected chi connectivity index (χ3v) is 5.46. The van der Waals surface area contributed by atoms with E-state index in [1.165, 1.54) is 26.4 Å². The van der Waals surface area contributed by atoms with Crippen LogP contribution in [0.4, 0.5) is 17.6 Å². The first-order valence-electron chi connectivity index (χ1n) is 10.0. The highest BCUT2D eigenvalue weighted by atomic mass is 19.3. The fourth-order valence-corrected chi connectivity index (χ4v) is 3.72. The highest BCUT2D eigenvalue weighted by Crippen LogP contribution is 2.37. The summed E-state index contributed by atoms with van der Waals surface area (Å²) in [5, 5.41) is 14.1. The Morgan fingerprint density at radius 1 is 1.09 bits per heavy atom. The molecular formula is C23H19F4N3O4. The zero-order chi connectivity index (χ0) is 24.6. The van der Waals surface area contributed by atoms with Crippen LogP contribution in [0.2, 0.25) is 0 Å². The number of halogens is 4. The van der Waals surface area contributed by atoms with Crippen LogP contribution >= 0.6 is 0 Å². The number of ether oxygens (including phenoxy) is 2. The minimum absolute atomic E-state index is 0.0377. The molecule has 2 heterocycles. The summed E-state index contributed by atoms with van der Waals surface area (Å²) >= 11 is 0. The summed E-state index contributed by atoms with van der Waals surface area (Å²) in [5.74, 6) is -0.305. The van der Waals surface area contributed by atoms with Crippen molar-refractivity contribution in [3.8, 4) is 22.8 Å². The third kappa shape index (κ3) is 3.92. The van der Waals surface area contributed by atoms with Crippen LogP contribution in [0, 0.1) is 0 Å². The minimum Gasteiger partial charge on any atom is -0.497 e. The van der Waals surface area contributed by atoms with Gasteiger partial charge in [-0.25, -0.2) is 22.5 Å². The summed E-state index contributed by atoms with van der Waals surface area (Å²) in [4.78, 5) is 17.9. The molecule has 0 radical (unpaired) electrons. The quantitative estimate of drug-likeness (QED) is 0.534. The van der Waals surface area contributed by atoms with E-state index in [9.17, 15) is 27.5 Å². The zero-order valence-corrected chi connectivity index (χ0v) is 18.0. The van der Waals surface area contributed by atoms with Crippen molar-refractivity contribution in [1.29, 1.82) is 0 Å². The van der Waals surface area contributed by atoms with Crippen LogP contribution in [0.3, 0.4) is 0 Å². The predicted molar refractivity (Wildman–Crippen MR) is 115 cm³/mol. The number of alkyl halides is 4. The van der Waals surface area contributed by atoms with Crippen molar-refractivity contribution in [2.45, 2.75) is 25.0 Å². The minimum atomic E-state index is -3.54. The molecule has 1 aromatic heterocycles. The van der Waals surface area contributed by atoms with Crippen molar-refractivity contribution in [2.75, 3.05) is 14.2 Å². The molecular weight excluding hydrogens is 458 g/mol. The molecule has 0 bridgehead atoms. The maximum absolute atomic E-state index is 13.7. The number of aromatic nitrogens is 1. The topological polar surface area (TPSA) is 84.2 Å². The van der Waals surface area contributed by atoms with E-state index in [1.807, 2.05) is 0 Å². The van der Waals surface area contributed by atoms with E-state index < -0.39 is 36.6 Å². The molecule has 1 aliphatic heterocycles. The number of carbonyl (C=O) groups is 1. The number of amides is 1. The predicted octanol–water partition coefficient (Wildman–Crippen LogP) is 4.34. The molecule has 34 heavy (non-hydrogen) atoms. The molecule has 1 aliphatic rings. The molecule has 11 heteroatoms. The number of hydrogen-bond acceptors (Lipinski definition) is 6. The number of para-hydroxylation sites is 1. The fraction of sp³-hybridized carbons (Fsp3) is 0.261. The molecule has 4 rings (SSSR count). The van der Waals surface area contributed by atoms with E-state index >= 15 is 0 Å². The third-order valence-electron chi connectivity index (χ3n) is 5.46. The highest BCUT2D eigenvalue weighted by Gasteiger charge is 2.53. The van der Waals surface area contributed by atoms with Gasteiger partial charge in [0.05, 0.1) is 31.0 Å². The Bertz CT molecular complexity index is 1280. The van der Waals surface area contributed by atoms with Crippen LogP contribution in [0.15, 0.2) is 53.6 Å². The van der Waals surface area contributed by atoms with Gasteiger partial charge >= 0.3 is 0 Å². The van der Waals surface area contributed by atoms with Gasteiger partial charge in [0.1, 0.15) is 17.2 Å². The average Bonchev–Trinajstić information content (AvgIpc) is 3.21. The molecule has 1 atom stereocenters. The Morgan fingerprint density at radius 3 is 2.47 bits per heavy atom. The molecule has 0 fully saturated rings. The summed E-state index contributed by atoms with van der Waals surface area (Å²) in [6.07, 6.45) is -7.92. The maximum atomic E-state index is 13.7. The van der Waals surface area contributed by atoms with Crippen LogP contribution in [0.5, 0.6) is 11.5 Å². The SMILES string of the molecule is COc1ccc(-c2cc(C(=O)N3N=C(C(F)F)C[C@]3(O)C(F)F)c3ccccc3n2)c(OC)c1. The van der Waals surface area contributed by atoms with Gasteiger partial charge in [-0.15, -0.1) is 0 Å². The Hall–Kier alpha value is -3.73. The summed E-state index contributed by atoms with van der Waals surface area (Å²) in [6.45, 7) is 0. The van der Waals surface area contributed by atoms with Crippen molar-refractivity contribution < 1.29 is 36.9 Å². The second-order valence-corrected chi connectivity index (χ2v) is 7.50. The van der Waals surface area contributed by atoms with Crippen molar-refractivity contribution in [3.05, 3.63) is 54.1 Å². The second-order valence-electron chi connectivity index (χ2n) is 7.50. The van der Waals surface area contributed by atoms with E-state index in [1.54, 1.807) is 36.4 Å². The molecule has 0 saturated carbocycles. The van der Waals surface area contributed by atoms with Gasteiger partial charge in [-0.05, 0) is 24.3 Å². The number of fused-ring (bicyclic) bond motifs is 1. The summed E-state index contributed by atoms with van der Waals surface area (Å²) in [6, 6.07) is 12.6. The van der Waals surface area contributed by atoms with E-state index in [2.05, 4.69) is 10.1 Å². The monoisotopic (exact) mass is 477 g/mol. The normalized spacial score (nSPS) is 18.0. The van der Waals surface area contributed by atoms with Gasteiger partial charge in [0, 0.05) is 23.4 Å². The number of rotatable bonds is 6. The first-order chi connectivity index (χ1) is 16.2. The first kappa shape index (κ1) is 23.4. The lowest BCUT2D eigenvalue weighted by Gasteiger charge is -2.30. The van der Waals surface area contributed by atoms with Crippen molar-refractivity contribution in [2.24, 2.45) is 5.10 Å². The van der Waals surface area contributed by atoms with Crippen LogP contribution < -0.4 is 9.47 Å². The van der Waals surface area contributed by atoms with Gasteiger partial charge < -0.3 is 14.6 Å². The Labute approximate surface area is 191 Å². The van der Waals surface area contributed by atoms with E-state index in [-0.39, 0.29) is 21.7 Å². The molecule has 0 aliphatic carbocycles. The Kier molecular flexibility index (Phi) is 6.13. The number of aliphatic hydroxyl groups is 1. The summed E-state index contributed by atoms with van der Waals surface area (Å²) in [7, 11) is 2.91. The van der Waals surface area contributed by atoms with Crippen molar-refractivity contribution >= 4 is 22.5 Å². The van der Waals surface area contributed by atoms with Gasteiger partial charge in [-0.2, -0.15) is 10.1 Å². The lowest BCUT2D eigenvalue weighted by molar-refractivity contribution is -0.164. The summed E-state index contributed by atoms with van der Waals surface area (Å²) in [5.41, 5.74) is -3.32. The number of methoxy groups -OCH3 is 2. The largest absolute Gasteiger partial charge is 0.497 e. The average molecular weight is 477 g/mol. The van der Waals surface area contributed by atoms with E-state index in [0.717, 1.165) is 0 Å². The number of nitrogens with zero attached hydrogens (tertiary/aromatic N) is 3. The van der Waals surface area contributed by atoms with Gasteiger partial charge in [-0.1, -0.05) is 18.2 Å². The first-order valence-corrected chi connectivity index (χ1v) is 10.0. The summed E-state index contributed by atoms with van der Waals surface area (Å²) < 4.78 is 64.4. The molecule has 1 N–H and O–H groups in total. The lowest BCUT2D eigenvalue weighted by Crippen LogP contribution is -2.51. The fourth-order valence-electron chi connectivity index (χ4n) is 3.72. The van der Waals surface area contributed by atoms with E-state index in [4.69, 9.17) is 9.47 Å². The number of pyridine rings is 1. The lowest BCUT2D eigenvalue weighted by atomic mass is 10.0. The van der Waals surface area contributed by atoms with Gasteiger partial charge in [0.25, 0.3) is 18.8 Å². The second kappa shape index (κ2) is 8.90. The molecule has 2 aromatic carbocycles. The number of hydrogen-bond donors (Lipinski definition) is 1. The molecule has 3 aromatic rings. The van der Waals surface area contributed by atoms with Crippen LogP contribution in [0.1, 0.15) is 16.8 Å². The smallest absolute Gasteiger partial charge is 0.287 e. The molecule has 178 valence electrons. The van der Waals surface area contributed by atoms with Gasteiger partial charge in [0.15, 0.2) is 0 Å². The van der Waals surface area contributed by atoms with Crippen LogP contribution in [-0.2, 0) is 0 Å². The molecule has 0 unspecified atom stereocenters. The van der Waals surface area contributed by atoms with Gasteiger partial charge in [0.2, 0.25) is 5.72 Å². The standard InChI is InChI=1S/C23H19F4N3O4/c1-33-12-7-8-14(19(9-12)34-2)17-10-15(13-5-3-4-6-16(13)28-17)21(31)30-23(32,22(26)27)11-18(29-30)20(24)25/h3-10,20,22,32H,11H2,1-2H3/t23-/m0/s1. The number of hydrazone groups is 1. The maximum Gasteiger partial charge on any atom is 0.287 e. The number of benzene rings is 2. The molecule has 0 saturated heterocycles. The van der Waals surface area contributed by atoms with Gasteiger partial charge in [-0.3, -0.25) is 4.79 Å². The van der Waals surface area contributed by atoms with Crippen LogP contribution in [0.25, 0.3) is 22.2 Å². The zero-order valence-electron chi connectivity index (χ0n) is 18.0. The molecule has 1 amide bonds. The number of carbonyl (C=O) groups excluding carboxylic acids is 1. The highest BCUT2D eigenvalue weighted by molar-refractivity contribution is 6.08. The Morgan fingerprint density at radius 2 is 1.82 bits per heavy atom. The van der Waals surface area contributed by atoms with Crippen molar-refractivity contribution in [3.63, 3.8) is 0 Å². The van der Waals surface area contributed by atoms with Crippen LogP contribution in [-0.4, -0.2) is 59.5 Å². The van der Waals surface area contributed by atoms with Crippen molar-refractivity contribution in [1.82, 2.24) is 9.99 Å². The molecule has 7 nitrogen and oxygen atoms in total. The van der Waals surface area contributed by atoms with E-state index in [0.29, 0.717) is 22.6 Å². The Balaban J connectivity index is 1.90.